The quantitative estimate of drug-likeness (QED) is 0.793. The third kappa shape index (κ3) is 7.04. The molecule has 0 unspecified atom stereocenters. The Morgan fingerprint density at radius 3 is 2.43 bits per heavy atom. The zero-order chi connectivity index (χ0) is 15.9. The van der Waals surface area contributed by atoms with Gasteiger partial charge in [-0.05, 0) is 27.2 Å². The van der Waals surface area contributed by atoms with Crippen molar-refractivity contribution in [3.8, 4) is 0 Å². The van der Waals surface area contributed by atoms with Crippen molar-refractivity contribution in [2.45, 2.75) is 46.2 Å². The summed E-state index contributed by atoms with van der Waals surface area (Å²) in [6.45, 7) is 10.1. The lowest BCUT2D eigenvalue weighted by Crippen LogP contribution is -2.36. The van der Waals surface area contributed by atoms with Crippen molar-refractivity contribution in [1.82, 2.24) is 20.6 Å². The molecule has 1 aromatic heterocycles. The van der Waals surface area contributed by atoms with Crippen LogP contribution in [0, 0.1) is 0 Å². The Bertz CT molecular complexity index is 438. The Morgan fingerprint density at radius 1 is 1.29 bits per heavy atom. The van der Waals surface area contributed by atoms with Crippen LogP contribution in [0.3, 0.4) is 0 Å². The summed E-state index contributed by atoms with van der Waals surface area (Å²) in [7, 11) is 1.81. The number of anilines is 1. The maximum Gasteiger partial charge on any atom is 0.239 e. The molecule has 118 valence electrons. The number of nitrogens with zero attached hydrogens (tertiary/aromatic N) is 3. The van der Waals surface area contributed by atoms with Crippen LogP contribution in [0.15, 0.2) is 12.4 Å². The van der Waals surface area contributed by atoms with Gasteiger partial charge in [0.25, 0.3) is 0 Å². The Labute approximate surface area is 127 Å². The molecule has 21 heavy (non-hydrogen) atoms. The van der Waals surface area contributed by atoms with E-state index in [0.717, 1.165) is 18.5 Å². The van der Waals surface area contributed by atoms with Gasteiger partial charge in [-0.1, -0.05) is 6.92 Å². The first-order valence-electron chi connectivity index (χ1n) is 7.35. The lowest BCUT2D eigenvalue weighted by Gasteiger charge is -2.20. The molecule has 0 spiro atoms. The maximum absolute atomic E-state index is 11.6. The monoisotopic (exact) mass is 293 g/mol. The molecule has 0 saturated heterocycles. The van der Waals surface area contributed by atoms with Gasteiger partial charge in [-0.15, -0.1) is 0 Å². The Kier molecular flexibility index (Phi) is 6.55. The number of likely N-dealkylation sites (N-methyl/N-ethyl adjacent to an activating group) is 1. The number of nitrogens with one attached hydrogen (secondary N) is 2. The molecule has 0 aliphatic heterocycles. The minimum absolute atomic E-state index is 0.0126. The molecule has 2 N–H and O–H groups in total. The fraction of sp³-hybridized carbons (Fsp3) is 0.667. The van der Waals surface area contributed by atoms with Crippen LogP contribution in [0.1, 0.15) is 39.7 Å². The molecule has 1 rings (SSSR count). The predicted molar refractivity (Wildman–Crippen MR) is 85.2 cm³/mol. The molecule has 6 heteroatoms. The van der Waals surface area contributed by atoms with Crippen molar-refractivity contribution < 1.29 is 4.79 Å². The van der Waals surface area contributed by atoms with Crippen molar-refractivity contribution in [3.63, 3.8) is 0 Å². The molecule has 1 amide bonds. The average molecular weight is 293 g/mol. The van der Waals surface area contributed by atoms with Crippen molar-refractivity contribution in [1.29, 1.82) is 0 Å². The van der Waals surface area contributed by atoms with Crippen LogP contribution in [-0.4, -0.2) is 41.6 Å². The lowest BCUT2D eigenvalue weighted by atomic mass is 10.1. The highest BCUT2D eigenvalue weighted by atomic mass is 16.2. The van der Waals surface area contributed by atoms with Gasteiger partial charge in [-0.2, -0.15) is 0 Å². The summed E-state index contributed by atoms with van der Waals surface area (Å²) in [4.78, 5) is 22.0. The lowest BCUT2D eigenvalue weighted by molar-refractivity contribution is -0.119. The normalized spacial score (nSPS) is 11.3. The number of rotatable bonds is 7. The maximum atomic E-state index is 11.6. The van der Waals surface area contributed by atoms with Crippen LogP contribution in [0.2, 0.25) is 0 Å². The molecule has 0 aliphatic rings. The van der Waals surface area contributed by atoms with Crippen molar-refractivity contribution >= 4 is 11.9 Å². The average Bonchev–Trinajstić information content (AvgIpc) is 2.42. The van der Waals surface area contributed by atoms with E-state index in [4.69, 9.17) is 0 Å². The smallest absolute Gasteiger partial charge is 0.239 e. The van der Waals surface area contributed by atoms with Crippen molar-refractivity contribution in [3.05, 3.63) is 18.0 Å². The summed E-state index contributed by atoms with van der Waals surface area (Å²) in [5.41, 5.74) is 1.09. The van der Waals surface area contributed by atoms with E-state index in [0.29, 0.717) is 12.5 Å². The summed E-state index contributed by atoms with van der Waals surface area (Å²) in [6, 6.07) is 0. The molecule has 0 aromatic carbocycles. The van der Waals surface area contributed by atoms with Gasteiger partial charge in [-0.3, -0.25) is 4.79 Å². The van der Waals surface area contributed by atoms with Gasteiger partial charge < -0.3 is 15.5 Å². The summed E-state index contributed by atoms with van der Waals surface area (Å²) >= 11 is 0. The zero-order valence-electron chi connectivity index (χ0n) is 13.7. The van der Waals surface area contributed by atoms with Gasteiger partial charge in [0, 0.05) is 43.6 Å². The van der Waals surface area contributed by atoms with Crippen molar-refractivity contribution in [2.24, 2.45) is 0 Å². The van der Waals surface area contributed by atoms with E-state index in [-0.39, 0.29) is 18.0 Å². The highest BCUT2D eigenvalue weighted by Gasteiger charge is 2.11. The van der Waals surface area contributed by atoms with E-state index < -0.39 is 0 Å². The number of carbonyl (C=O) groups excluding carboxylic acids is 1. The summed E-state index contributed by atoms with van der Waals surface area (Å²) in [5.74, 6) is 0.544. The SMILES string of the molecule is CCCNC(=O)CN(C)c1ncc(CNC(C)(C)C)cn1. The summed E-state index contributed by atoms with van der Waals surface area (Å²) in [5, 5.41) is 6.22. The van der Waals surface area contributed by atoms with Gasteiger partial charge in [0.2, 0.25) is 11.9 Å². The number of hydrogen-bond donors (Lipinski definition) is 2. The Morgan fingerprint density at radius 2 is 1.90 bits per heavy atom. The van der Waals surface area contributed by atoms with Crippen LogP contribution in [-0.2, 0) is 11.3 Å². The second kappa shape index (κ2) is 7.93. The molecule has 0 fully saturated rings. The first-order chi connectivity index (χ1) is 9.81. The van der Waals surface area contributed by atoms with E-state index >= 15 is 0 Å². The molecule has 0 bridgehead atoms. The highest BCUT2D eigenvalue weighted by Crippen LogP contribution is 2.06. The standard InChI is InChI=1S/C15H27N5O/c1-6-7-16-13(21)11-20(5)14-17-8-12(9-18-14)10-19-15(2,3)4/h8-9,19H,6-7,10-11H2,1-5H3,(H,16,21). The third-order valence-corrected chi connectivity index (χ3v) is 2.81. The zero-order valence-corrected chi connectivity index (χ0v) is 13.7. The van der Waals surface area contributed by atoms with E-state index in [2.05, 4.69) is 41.4 Å². The Hall–Kier alpha value is -1.69. The Balaban J connectivity index is 2.51. The van der Waals surface area contributed by atoms with E-state index in [1.165, 1.54) is 0 Å². The van der Waals surface area contributed by atoms with Gasteiger partial charge in [0.1, 0.15) is 0 Å². The summed E-state index contributed by atoms with van der Waals surface area (Å²) < 4.78 is 0. The fourth-order valence-electron chi connectivity index (χ4n) is 1.61. The summed E-state index contributed by atoms with van der Waals surface area (Å²) in [6.07, 6.45) is 4.52. The highest BCUT2D eigenvalue weighted by molar-refractivity contribution is 5.80. The predicted octanol–water partition coefficient (Wildman–Crippen LogP) is 1.33. The fourth-order valence-corrected chi connectivity index (χ4v) is 1.61. The van der Waals surface area contributed by atoms with Crippen LogP contribution in [0.25, 0.3) is 0 Å². The molecular weight excluding hydrogens is 266 g/mol. The van der Waals surface area contributed by atoms with Crippen LogP contribution >= 0.6 is 0 Å². The van der Waals surface area contributed by atoms with Gasteiger partial charge in [-0.25, -0.2) is 9.97 Å². The number of amides is 1. The second-order valence-electron chi connectivity index (χ2n) is 6.20. The molecule has 1 aromatic rings. The second-order valence-corrected chi connectivity index (χ2v) is 6.20. The first-order valence-corrected chi connectivity index (χ1v) is 7.35. The molecule has 6 nitrogen and oxygen atoms in total. The van der Waals surface area contributed by atoms with E-state index in [1.807, 2.05) is 14.0 Å². The minimum Gasteiger partial charge on any atom is -0.355 e. The van der Waals surface area contributed by atoms with E-state index in [9.17, 15) is 4.79 Å². The molecular formula is C15H27N5O. The first kappa shape index (κ1) is 17.4. The molecule has 0 radical (unpaired) electrons. The molecule has 1 heterocycles. The number of hydrogen-bond acceptors (Lipinski definition) is 5. The third-order valence-electron chi connectivity index (χ3n) is 2.81. The van der Waals surface area contributed by atoms with E-state index in [1.54, 1.807) is 17.3 Å². The van der Waals surface area contributed by atoms with Gasteiger partial charge in [0.15, 0.2) is 0 Å². The van der Waals surface area contributed by atoms with Crippen LogP contribution in [0.4, 0.5) is 5.95 Å². The van der Waals surface area contributed by atoms with Gasteiger partial charge >= 0.3 is 0 Å². The molecule has 0 aliphatic carbocycles. The largest absolute Gasteiger partial charge is 0.355 e. The molecule has 0 atom stereocenters. The van der Waals surface area contributed by atoms with Crippen LogP contribution < -0.4 is 15.5 Å². The number of carbonyl (C=O) groups is 1. The molecule has 0 saturated carbocycles. The van der Waals surface area contributed by atoms with Crippen molar-refractivity contribution in [2.75, 3.05) is 25.0 Å². The van der Waals surface area contributed by atoms with Crippen LogP contribution in [0.5, 0.6) is 0 Å². The van der Waals surface area contributed by atoms with Gasteiger partial charge in [0.05, 0.1) is 6.54 Å². The number of aromatic nitrogens is 2. The topological polar surface area (TPSA) is 70.2 Å². The minimum atomic E-state index is -0.0126.